The van der Waals surface area contributed by atoms with Crippen molar-refractivity contribution in [2.45, 2.75) is 39.2 Å². The van der Waals surface area contributed by atoms with Crippen LogP contribution in [0.5, 0.6) is 5.75 Å². The summed E-state index contributed by atoms with van der Waals surface area (Å²) < 4.78 is 11.4. The second-order valence-electron chi connectivity index (χ2n) is 6.41. The van der Waals surface area contributed by atoms with Crippen LogP contribution in [0.25, 0.3) is 0 Å². The molecule has 24 heavy (non-hydrogen) atoms. The molecular weight excluding hydrogens is 306 g/mol. The molecule has 1 atom stereocenters. The van der Waals surface area contributed by atoms with E-state index in [1.54, 1.807) is 0 Å². The summed E-state index contributed by atoms with van der Waals surface area (Å²) in [7, 11) is 0. The number of likely N-dealkylation sites (tertiary alicyclic amines) is 1. The predicted molar refractivity (Wildman–Crippen MR) is 88.5 cm³/mol. The Morgan fingerprint density at radius 1 is 1.33 bits per heavy atom. The molecule has 2 aromatic rings. The van der Waals surface area contributed by atoms with Gasteiger partial charge in [-0.05, 0) is 25.0 Å². The molecule has 1 fully saturated rings. The number of hydrogen-bond donors (Lipinski definition) is 0. The van der Waals surface area contributed by atoms with Gasteiger partial charge in [-0.3, -0.25) is 4.79 Å². The van der Waals surface area contributed by atoms with E-state index in [1.807, 2.05) is 49.1 Å². The van der Waals surface area contributed by atoms with Crippen LogP contribution in [0.1, 0.15) is 44.4 Å². The largest absolute Gasteiger partial charge is 0.484 e. The van der Waals surface area contributed by atoms with Gasteiger partial charge in [0.25, 0.3) is 5.89 Å². The Bertz CT molecular complexity index is 669. The molecule has 1 aliphatic heterocycles. The van der Waals surface area contributed by atoms with Gasteiger partial charge in [-0.1, -0.05) is 32.0 Å². The van der Waals surface area contributed by atoms with Crippen LogP contribution in [-0.4, -0.2) is 34.1 Å². The average Bonchev–Trinajstić information content (AvgIpc) is 3.09. The lowest BCUT2D eigenvalue weighted by Gasteiger charge is -2.32. The number of rotatable bonds is 5. The van der Waals surface area contributed by atoms with E-state index in [2.05, 4.69) is 10.2 Å². The lowest BCUT2D eigenvalue weighted by atomic mass is 9.97. The van der Waals surface area contributed by atoms with Crippen molar-refractivity contribution in [3.05, 3.63) is 42.1 Å². The molecule has 3 rings (SSSR count). The fraction of sp³-hybridized carbons (Fsp3) is 0.500. The van der Waals surface area contributed by atoms with Gasteiger partial charge in [-0.2, -0.15) is 0 Å². The third-order valence-electron chi connectivity index (χ3n) is 4.16. The van der Waals surface area contributed by atoms with Crippen molar-refractivity contribution >= 4 is 5.91 Å². The van der Waals surface area contributed by atoms with Gasteiger partial charge in [0.15, 0.2) is 6.61 Å². The number of para-hydroxylation sites is 1. The minimum absolute atomic E-state index is 0.0151. The maximum absolute atomic E-state index is 12.2. The Kier molecular flexibility index (Phi) is 5.13. The van der Waals surface area contributed by atoms with Crippen LogP contribution in [0, 0.1) is 5.92 Å². The van der Waals surface area contributed by atoms with Crippen molar-refractivity contribution in [1.82, 2.24) is 15.1 Å². The van der Waals surface area contributed by atoms with Gasteiger partial charge < -0.3 is 14.1 Å². The van der Waals surface area contributed by atoms with Crippen LogP contribution in [-0.2, 0) is 11.4 Å². The second kappa shape index (κ2) is 7.47. The number of benzene rings is 1. The topological polar surface area (TPSA) is 68.5 Å². The van der Waals surface area contributed by atoms with Crippen molar-refractivity contribution in [3.63, 3.8) is 0 Å². The quantitative estimate of drug-likeness (QED) is 0.843. The molecular formula is C18H23N3O3. The van der Waals surface area contributed by atoms with Crippen molar-refractivity contribution in [2.75, 3.05) is 13.1 Å². The Morgan fingerprint density at radius 3 is 2.88 bits per heavy atom. The number of ether oxygens (including phenoxy) is 1. The van der Waals surface area contributed by atoms with Gasteiger partial charge in [0.2, 0.25) is 11.8 Å². The summed E-state index contributed by atoms with van der Waals surface area (Å²) in [6.45, 7) is 5.57. The van der Waals surface area contributed by atoms with Gasteiger partial charge in [0.05, 0.1) is 5.92 Å². The van der Waals surface area contributed by atoms with E-state index < -0.39 is 0 Å². The first-order valence-corrected chi connectivity index (χ1v) is 8.42. The summed E-state index contributed by atoms with van der Waals surface area (Å²) in [5.41, 5.74) is 0. The van der Waals surface area contributed by atoms with Crippen LogP contribution in [0.3, 0.4) is 0 Å². The zero-order valence-electron chi connectivity index (χ0n) is 14.1. The molecule has 1 saturated heterocycles. The smallest absolute Gasteiger partial charge is 0.253 e. The first kappa shape index (κ1) is 16.5. The molecule has 6 nitrogen and oxygen atoms in total. The van der Waals surface area contributed by atoms with Crippen LogP contribution in [0.15, 0.2) is 34.7 Å². The minimum atomic E-state index is 0.0151. The summed E-state index contributed by atoms with van der Waals surface area (Å²) in [5, 5.41) is 8.22. The average molecular weight is 329 g/mol. The van der Waals surface area contributed by atoms with E-state index in [0.29, 0.717) is 18.3 Å². The molecule has 0 bridgehead atoms. The van der Waals surface area contributed by atoms with Crippen molar-refractivity contribution in [2.24, 2.45) is 5.92 Å². The molecule has 0 radical (unpaired) electrons. The Labute approximate surface area is 141 Å². The monoisotopic (exact) mass is 329 g/mol. The Balaban J connectivity index is 1.59. The van der Waals surface area contributed by atoms with Gasteiger partial charge in [-0.15, -0.1) is 10.2 Å². The van der Waals surface area contributed by atoms with Crippen LogP contribution in [0.2, 0.25) is 0 Å². The molecule has 0 saturated carbocycles. The standard InChI is InChI=1S/C18H23N3O3/c1-13(2)18(22)21-10-6-7-14(11-21)17-20-19-16(24-17)12-23-15-8-4-3-5-9-15/h3-5,8-9,13-14H,6-7,10-12H2,1-2H3. The number of piperidine rings is 1. The normalized spacial score (nSPS) is 18.0. The fourth-order valence-electron chi connectivity index (χ4n) is 2.90. The summed E-state index contributed by atoms with van der Waals surface area (Å²) in [6, 6.07) is 9.53. The molecule has 0 N–H and O–H groups in total. The first-order chi connectivity index (χ1) is 11.6. The highest BCUT2D eigenvalue weighted by Crippen LogP contribution is 2.27. The van der Waals surface area contributed by atoms with Gasteiger partial charge in [-0.25, -0.2) is 0 Å². The van der Waals surface area contributed by atoms with Crippen LogP contribution in [0.4, 0.5) is 0 Å². The van der Waals surface area contributed by atoms with Crippen LogP contribution >= 0.6 is 0 Å². The summed E-state index contributed by atoms with van der Waals surface area (Å²) in [4.78, 5) is 14.1. The van der Waals surface area contributed by atoms with E-state index in [-0.39, 0.29) is 24.3 Å². The van der Waals surface area contributed by atoms with Crippen LogP contribution < -0.4 is 4.74 Å². The molecule has 0 aliphatic carbocycles. The van der Waals surface area contributed by atoms with E-state index in [9.17, 15) is 4.79 Å². The minimum Gasteiger partial charge on any atom is -0.484 e. The van der Waals surface area contributed by atoms with E-state index in [1.165, 1.54) is 0 Å². The lowest BCUT2D eigenvalue weighted by molar-refractivity contribution is -0.135. The van der Waals surface area contributed by atoms with Crippen molar-refractivity contribution in [3.8, 4) is 5.75 Å². The highest BCUT2D eigenvalue weighted by molar-refractivity contribution is 5.78. The number of amides is 1. The number of nitrogens with zero attached hydrogens (tertiary/aromatic N) is 3. The van der Waals surface area contributed by atoms with Gasteiger partial charge in [0.1, 0.15) is 5.75 Å². The number of carbonyl (C=O) groups excluding carboxylic acids is 1. The number of carbonyl (C=O) groups is 1. The Morgan fingerprint density at radius 2 is 2.12 bits per heavy atom. The first-order valence-electron chi connectivity index (χ1n) is 8.42. The van der Waals surface area contributed by atoms with E-state index in [0.717, 1.165) is 25.1 Å². The van der Waals surface area contributed by atoms with Crippen molar-refractivity contribution < 1.29 is 13.9 Å². The molecule has 128 valence electrons. The van der Waals surface area contributed by atoms with Crippen molar-refractivity contribution in [1.29, 1.82) is 0 Å². The molecule has 1 unspecified atom stereocenters. The summed E-state index contributed by atoms with van der Waals surface area (Å²) in [5.74, 6) is 2.14. The molecule has 6 heteroatoms. The zero-order valence-corrected chi connectivity index (χ0v) is 14.1. The molecule has 1 aromatic carbocycles. The zero-order chi connectivity index (χ0) is 16.9. The third kappa shape index (κ3) is 3.93. The summed E-state index contributed by atoms with van der Waals surface area (Å²) >= 11 is 0. The number of aromatic nitrogens is 2. The van der Waals surface area contributed by atoms with E-state index in [4.69, 9.17) is 9.15 Å². The molecule has 1 amide bonds. The number of hydrogen-bond acceptors (Lipinski definition) is 5. The maximum Gasteiger partial charge on any atom is 0.253 e. The summed E-state index contributed by atoms with van der Waals surface area (Å²) in [6.07, 6.45) is 1.92. The predicted octanol–water partition coefficient (Wildman–Crippen LogP) is 3.01. The van der Waals surface area contributed by atoms with Gasteiger partial charge in [0, 0.05) is 19.0 Å². The third-order valence-corrected chi connectivity index (χ3v) is 4.16. The molecule has 0 spiro atoms. The highest BCUT2D eigenvalue weighted by Gasteiger charge is 2.29. The van der Waals surface area contributed by atoms with E-state index >= 15 is 0 Å². The molecule has 1 aliphatic rings. The van der Waals surface area contributed by atoms with Gasteiger partial charge >= 0.3 is 0 Å². The highest BCUT2D eigenvalue weighted by atomic mass is 16.5. The fourth-order valence-corrected chi connectivity index (χ4v) is 2.90. The molecule has 2 heterocycles. The Hall–Kier alpha value is -2.37. The molecule has 1 aromatic heterocycles. The second-order valence-corrected chi connectivity index (χ2v) is 6.41. The SMILES string of the molecule is CC(C)C(=O)N1CCCC(c2nnc(COc3ccccc3)o2)C1. The maximum atomic E-state index is 12.2. The lowest BCUT2D eigenvalue weighted by Crippen LogP contribution is -2.41.